The van der Waals surface area contributed by atoms with E-state index in [1.807, 2.05) is 31.2 Å². The first-order chi connectivity index (χ1) is 17.4. The van der Waals surface area contributed by atoms with Gasteiger partial charge in [0.25, 0.3) is 0 Å². The van der Waals surface area contributed by atoms with Crippen LogP contribution in [0.25, 0.3) is 22.3 Å². The monoisotopic (exact) mass is 488 g/mol. The Kier molecular flexibility index (Phi) is 7.10. The van der Waals surface area contributed by atoms with E-state index in [0.29, 0.717) is 40.4 Å². The zero-order valence-electron chi connectivity index (χ0n) is 20.5. The van der Waals surface area contributed by atoms with E-state index in [2.05, 4.69) is 0 Å². The molecule has 4 aromatic carbocycles. The zero-order chi connectivity index (χ0) is 25.8. The van der Waals surface area contributed by atoms with Crippen molar-refractivity contribution in [3.63, 3.8) is 0 Å². The highest BCUT2D eigenvalue weighted by molar-refractivity contribution is 5.88. The van der Waals surface area contributed by atoms with Crippen LogP contribution in [0.3, 0.4) is 0 Å². The number of phenols is 3. The lowest BCUT2D eigenvalue weighted by Gasteiger charge is -2.19. The Morgan fingerprint density at radius 2 is 1.33 bits per heavy atom. The molecule has 186 valence electrons. The molecule has 0 saturated heterocycles. The van der Waals surface area contributed by atoms with Crippen LogP contribution in [0.1, 0.15) is 11.1 Å². The standard InChI is InChI=1S/C29H28O7/c1-17-5-7-18(8-6-17)16-36-24-12-10-20(13-23(24)31)27-26(34-3)15-21(29(35-4)28(27)32)19-9-11-22(30)25(14-19)33-2/h5-15,30-32H,16H2,1-4H3. The fourth-order valence-corrected chi connectivity index (χ4v) is 3.97. The van der Waals surface area contributed by atoms with E-state index >= 15 is 0 Å². The van der Waals surface area contributed by atoms with Crippen LogP contribution in [0.4, 0.5) is 0 Å². The maximum Gasteiger partial charge on any atom is 0.170 e. The van der Waals surface area contributed by atoms with Gasteiger partial charge in [0.2, 0.25) is 0 Å². The highest BCUT2D eigenvalue weighted by Gasteiger charge is 2.23. The summed E-state index contributed by atoms with van der Waals surface area (Å²) < 4.78 is 22.2. The average Bonchev–Trinajstić information content (AvgIpc) is 2.88. The summed E-state index contributed by atoms with van der Waals surface area (Å²) in [5, 5.41) is 31.8. The summed E-state index contributed by atoms with van der Waals surface area (Å²) in [5.41, 5.74) is 4.18. The van der Waals surface area contributed by atoms with Gasteiger partial charge in [-0.15, -0.1) is 0 Å². The van der Waals surface area contributed by atoms with E-state index in [1.54, 1.807) is 30.3 Å². The minimum atomic E-state index is -0.161. The number of phenolic OH excluding ortho intramolecular Hbond substituents is 3. The first-order valence-corrected chi connectivity index (χ1v) is 11.2. The topological polar surface area (TPSA) is 97.6 Å². The molecule has 0 amide bonds. The third-order valence-corrected chi connectivity index (χ3v) is 5.90. The van der Waals surface area contributed by atoms with Crippen molar-refractivity contribution in [1.82, 2.24) is 0 Å². The third-order valence-electron chi connectivity index (χ3n) is 5.90. The Labute approximate surface area is 209 Å². The predicted molar refractivity (Wildman–Crippen MR) is 137 cm³/mol. The van der Waals surface area contributed by atoms with Crippen LogP contribution in [-0.2, 0) is 6.61 Å². The van der Waals surface area contributed by atoms with Gasteiger partial charge in [-0.25, -0.2) is 0 Å². The first-order valence-electron chi connectivity index (χ1n) is 11.2. The Bertz CT molecular complexity index is 1380. The summed E-state index contributed by atoms with van der Waals surface area (Å²) in [6.07, 6.45) is 0. The molecule has 4 rings (SSSR count). The minimum Gasteiger partial charge on any atom is -0.504 e. The number of benzene rings is 4. The van der Waals surface area contributed by atoms with Crippen LogP contribution in [0.2, 0.25) is 0 Å². The van der Waals surface area contributed by atoms with E-state index < -0.39 is 0 Å². The number of hydrogen-bond acceptors (Lipinski definition) is 7. The van der Waals surface area contributed by atoms with Crippen LogP contribution in [0.5, 0.6) is 40.2 Å². The van der Waals surface area contributed by atoms with Crippen molar-refractivity contribution in [2.75, 3.05) is 21.3 Å². The highest BCUT2D eigenvalue weighted by Crippen LogP contribution is 2.51. The molecule has 7 heteroatoms. The van der Waals surface area contributed by atoms with E-state index in [1.165, 1.54) is 33.5 Å². The molecule has 3 N–H and O–H groups in total. The molecule has 0 aliphatic rings. The van der Waals surface area contributed by atoms with Gasteiger partial charge in [-0.3, -0.25) is 0 Å². The molecule has 0 atom stereocenters. The number of hydrogen-bond donors (Lipinski definition) is 3. The number of methoxy groups -OCH3 is 3. The summed E-state index contributed by atoms with van der Waals surface area (Å²) in [7, 11) is 4.40. The van der Waals surface area contributed by atoms with Gasteiger partial charge < -0.3 is 34.3 Å². The number of aromatic hydroxyl groups is 3. The maximum absolute atomic E-state index is 11.2. The Balaban J connectivity index is 1.72. The predicted octanol–water partition coefficient (Wildman–Crippen LogP) is 6.05. The van der Waals surface area contributed by atoms with E-state index in [-0.39, 0.29) is 28.7 Å². The molecule has 0 fully saturated rings. The Morgan fingerprint density at radius 3 is 1.97 bits per heavy atom. The van der Waals surface area contributed by atoms with Crippen molar-refractivity contribution < 1.29 is 34.3 Å². The first kappa shape index (κ1) is 24.6. The smallest absolute Gasteiger partial charge is 0.170 e. The molecule has 36 heavy (non-hydrogen) atoms. The van der Waals surface area contributed by atoms with Crippen molar-refractivity contribution in [3.8, 4) is 62.5 Å². The lowest BCUT2D eigenvalue weighted by atomic mass is 9.96. The largest absolute Gasteiger partial charge is 0.504 e. The van der Waals surface area contributed by atoms with Crippen molar-refractivity contribution in [2.45, 2.75) is 13.5 Å². The molecule has 7 nitrogen and oxygen atoms in total. The molecule has 4 aromatic rings. The number of ether oxygens (including phenoxy) is 4. The second-order valence-corrected chi connectivity index (χ2v) is 8.23. The minimum absolute atomic E-state index is 0.00631. The van der Waals surface area contributed by atoms with Crippen LogP contribution in [0.15, 0.2) is 66.7 Å². The quantitative estimate of drug-likeness (QED) is 0.278. The molecule has 0 spiro atoms. The van der Waals surface area contributed by atoms with Gasteiger partial charge in [-0.2, -0.15) is 0 Å². The lowest BCUT2D eigenvalue weighted by Crippen LogP contribution is -1.97. The van der Waals surface area contributed by atoms with Crippen molar-refractivity contribution in [1.29, 1.82) is 0 Å². The summed E-state index contributed by atoms with van der Waals surface area (Å²) in [5.74, 6) is 0.925. The van der Waals surface area contributed by atoms with Gasteiger partial charge in [0.1, 0.15) is 12.4 Å². The van der Waals surface area contributed by atoms with Crippen LogP contribution in [-0.4, -0.2) is 36.6 Å². The molecule has 0 unspecified atom stereocenters. The number of rotatable bonds is 8. The fourth-order valence-electron chi connectivity index (χ4n) is 3.97. The summed E-state index contributed by atoms with van der Waals surface area (Å²) in [6, 6.07) is 19.4. The van der Waals surface area contributed by atoms with Gasteiger partial charge in [-0.1, -0.05) is 42.0 Å². The van der Waals surface area contributed by atoms with Crippen LogP contribution in [0, 0.1) is 6.92 Å². The Hall–Kier alpha value is -4.52. The molecule has 0 aromatic heterocycles. The molecule has 0 saturated carbocycles. The average molecular weight is 489 g/mol. The van der Waals surface area contributed by atoms with Crippen molar-refractivity contribution in [2.24, 2.45) is 0 Å². The van der Waals surface area contributed by atoms with Gasteiger partial charge in [0.15, 0.2) is 34.5 Å². The SMILES string of the molecule is COc1cc(-c2cc(OC)c(-c3ccc(OCc4ccc(C)cc4)c(O)c3)c(O)c2OC)ccc1O. The second kappa shape index (κ2) is 10.4. The van der Waals surface area contributed by atoms with Gasteiger partial charge >= 0.3 is 0 Å². The maximum atomic E-state index is 11.2. The third kappa shape index (κ3) is 4.81. The summed E-state index contributed by atoms with van der Waals surface area (Å²) >= 11 is 0. The Morgan fingerprint density at radius 1 is 0.639 bits per heavy atom. The van der Waals surface area contributed by atoms with Gasteiger partial charge in [0, 0.05) is 5.56 Å². The zero-order valence-corrected chi connectivity index (χ0v) is 20.5. The van der Waals surface area contributed by atoms with E-state index in [4.69, 9.17) is 18.9 Å². The fraction of sp³-hybridized carbons (Fsp3) is 0.172. The van der Waals surface area contributed by atoms with Crippen molar-refractivity contribution in [3.05, 3.63) is 77.9 Å². The summed E-state index contributed by atoms with van der Waals surface area (Å²) in [6.45, 7) is 2.32. The van der Waals surface area contributed by atoms with Crippen molar-refractivity contribution >= 4 is 0 Å². The highest BCUT2D eigenvalue weighted by atomic mass is 16.5. The number of aryl methyl sites for hydroxylation is 1. The normalized spacial score (nSPS) is 10.7. The molecule has 0 aliphatic heterocycles. The van der Waals surface area contributed by atoms with Gasteiger partial charge in [-0.05, 0) is 53.9 Å². The molecule has 0 bridgehead atoms. The van der Waals surface area contributed by atoms with Crippen LogP contribution >= 0.6 is 0 Å². The lowest BCUT2D eigenvalue weighted by molar-refractivity contribution is 0.289. The van der Waals surface area contributed by atoms with Crippen LogP contribution < -0.4 is 18.9 Å². The van der Waals surface area contributed by atoms with Gasteiger partial charge in [0.05, 0.1) is 26.9 Å². The summed E-state index contributed by atoms with van der Waals surface area (Å²) in [4.78, 5) is 0. The second-order valence-electron chi connectivity index (χ2n) is 8.23. The molecular formula is C29H28O7. The molecule has 0 radical (unpaired) electrons. The molecular weight excluding hydrogens is 460 g/mol. The van der Waals surface area contributed by atoms with E-state index in [9.17, 15) is 15.3 Å². The molecule has 0 aliphatic carbocycles. The molecule has 0 heterocycles. The van der Waals surface area contributed by atoms with E-state index in [0.717, 1.165) is 11.1 Å².